The molecular formula is C19H21N. The Labute approximate surface area is 121 Å². The van der Waals surface area contributed by atoms with E-state index in [2.05, 4.69) is 68.0 Å². The van der Waals surface area contributed by atoms with Gasteiger partial charge in [0.05, 0.1) is 5.52 Å². The zero-order chi connectivity index (χ0) is 14.7. The highest BCUT2D eigenvalue weighted by molar-refractivity contribution is 5.91. The Hall–Kier alpha value is -2.28. The lowest BCUT2D eigenvalue weighted by Gasteiger charge is -2.10. The van der Waals surface area contributed by atoms with Crippen LogP contribution < -0.4 is 0 Å². The SMILES string of the molecule is C=Cc1c(C)c2ccccc2n1C(C=CC(=C)C)=CC. The zero-order valence-corrected chi connectivity index (χ0v) is 12.5. The molecule has 2 rings (SSSR count). The van der Waals surface area contributed by atoms with E-state index in [0.29, 0.717) is 0 Å². The number of aromatic nitrogens is 1. The highest BCUT2D eigenvalue weighted by Crippen LogP contribution is 2.29. The molecule has 0 unspecified atom stereocenters. The van der Waals surface area contributed by atoms with E-state index in [1.807, 2.05) is 19.1 Å². The molecule has 102 valence electrons. The molecule has 2 aromatic rings. The first-order valence-electron chi connectivity index (χ1n) is 6.83. The number of aryl methyl sites for hydroxylation is 1. The smallest absolute Gasteiger partial charge is 0.0537 e. The third-order valence-corrected chi connectivity index (χ3v) is 3.46. The summed E-state index contributed by atoms with van der Waals surface area (Å²) in [5, 5.41) is 1.27. The van der Waals surface area contributed by atoms with Crippen molar-refractivity contribution in [2.24, 2.45) is 0 Å². The quantitative estimate of drug-likeness (QED) is 0.634. The van der Waals surface area contributed by atoms with Crippen LogP contribution in [-0.2, 0) is 0 Å². The van der Waals surface area contributed by atoms with Crippen LogP contribution in [0.3, 0.4) is 0 Å². The molecule has 0 saturated carbocycles. The van der Waals surface area contributed by atoms with E-state index in [-0.39, 0.29) is 0 Å². The minimum atomic E-state index is 1.04. The third-order valence-electron chi connectivity index (χ3n) is 3.46. The van der Waals surface area contributed by atoms with E-state index < -0.39 is 0 Å². The van der Waals surface area contributed by atoms with Gasteiger partial charge in [-0.3, -0.25) is 0 Å². The van der Waals surface area contributed by atoms with E-state index in [4.69, 9.17) is 0 Å². The van der Waals surface area contributed by atoms with Crippen molar-refractivity contribution in [2.75, 3.05) is 0 Å². The Morgan fingerprint density at radius 2 is 1.90 bits per heavy atom. The van der Waals surface area contributed by atoms with Crippen LogP contribution in [0.2, 0.25) is 0 Å². The molecule has 0 spiro atoms. The fourth-order valence-electron chi connectivity index (χ4n) is 2.47. The molecule has 0 fully saturated rings. The predicted molar refractivity (Wildman–Crippen MR) is 90.7 cm³/mol. The minimum absolute atomic E-state index is 1.04. The van der Waals surface area contributed by atoms with Crippen LogP contribution in [0.15, 0.2) is 61.2 Å². The van der Waals surface area contributed by atoms with Crippen LogP contribution in [-0.4, -0.2) is 4.57 Å². The van der Waals surface area contributed by atoms with Crippen LogP contribution in [0.4, 0.5) is 0 Å². The Bertz CT molecular complexity index is 724. The fourth-order valence-corrected chi connectivity index (χ4v) is 2.47. The van der Waals surface area contributed by atoms with Gasteiger partial charge in [-0.1, -0.05) is 49.1 Å². The van der Waals surface area contributed by atoms with Gasteiger partial charge in [0.25, 0.3) is 0 Å². The second kappa shape index (κ2) is 5.79. The van der Waals surface area contributed by atoms with Crippen molar-refractivity contribution < 1.29 is 0 Å². The molecule has 0 aliphatic rings. The minimum Gasteiger partial charge on any atom is -0.310 e. The molecule has 1 aromatic heterocycles. The van der Waals surface area contributed by atoms with Crippen molar-refractivity contribution in [1.29, 1.82) is 0 Å². The van der Waals surface area contributed by atoms with Gasteiger partial charge in [0.2, 0.25) is 0 Å². The zero-order valence-electron chi connectivity index (χ0n) is 12.5. The van der Waals surface area contributed by atoms with Gasteiger partial charge in [0.1, 0.15) is 0 Å². The van der Waals surface area contributed by atoms with Gasteiger partial charge >= 0.3 is 0 Å². The van der Waals surface area contributed by atoms with Crippen molar-refractivity contribution >= 4 is 22.7 Å². The average Bonchev–Trinajstić information content (AvgIpc) is 2.73. The van der Waals surface area contributed by atoms with Gasteiger partial charge in [-0.05, 0) is 44.6 Å². The van der Waals surface area contributed by atoms with Crippen molar-refractivity contribution in [3.63, 3.8) is 0 Å². The van der Waals surface area contributed by atoms with Crippen LogP contribution in [0.5, 0.6) is 0 Å². The molecule has 1 aromatic carbocycles. The molecule has 0 radical (unpaired) electrons. The van der Waals surface area contributed by atoms with Crippen LogP contribution >= 0.6 is 0 Å². The van der Waals surface area contributed by atoms with E-state index in [9.17, 15) is 0 Å². The standard InChI is InChI=1S/C19H21N/c1-6-16(13-12-14(3)4)20-18(7-2)15(5)17-10-8-9-11-19(17)20/h6-13H,2-3H2,1,4-5H3. The monoisotopic (exact) mass is 263 g/mol. The molecule has 0 aliphatic heterocycles. The van der Waals surface area contributed by atoms with E-state index in [1.54, 1.807) is 0 Å². The summed E-state index contributed by atoms with van der Waals surface area (Å²) in [5.74, 6) is 0. The molecule has 0 amide bonds. The molecule has 0 saturated heterocycles. The summed E-state index contributed by atoms with van der Waals surface area (Å²) in [6.45, 7) is 14.1. The molecule has 0 N–H and O–H groups in total. The number of hydrogen-bond donors (Lipinski definition) is 0. The lowest BCUT2D eigenvalue weighted by molar-refractivity contribution is 1.14. The maximum atomic E-state index is 3.97. The lowest BCUT2D eigenvalue weighted by Crippen LogP contribution is -1.97. The van der Waals surface area contributed by atoms with Crippen LogP contribution in [0.1, 0.15) is 25.1 Å². The molecule has 20 heavy (non-hydrogen) atoms. The molecular weight excluding hydrogens is 242 g/mol. The number of hydrogen-bond acceptors (Lipinski definition) is 0. The molecule has 0 atom stereocenters. The average molecular weight is 263 g/mol. The summed E-state index contributed by atoms with van der Waals surface area (Å²) in [4.78, 5) is 0. The van der Waals surface area contributed by atoms with Gasteiger partial charge < -0.3 is 4.57 Å². The van der Waals surface area contributed by atoms with Crippen LogP contribution in [0.25, 0.3) is 22.7 Å². The summed E-state index contributed by atoms with van der Waals surface area (Å²) in [7, 11) is 0. The maximum Gasteiger partial charge on any atom is 0.0537 e. The highest BCUT2D eigenvalue weighted by Gasteiger charge is 2.12. The van der Waals surface area contributed by atoms with E-state index >= 15 is 0 Å². The van der Waals surface area contributed by atoms with Crippen molar-refractivity contribution in [3.05, 3.63) is 72.5 Å². The lowest BCUT2D eigenvalue weighted by atomic mass is 10.1. The Kier molecular flexibility index (Phi) is 4.09. The van der Waals surface area contributed by atoms with Gasteiger partial charge in [-0.25, -0.2) is 0 Å². The first-order chi connectivity index (χ1) is 9.60. The molecule has 1 heteroatoms. The highest BCUT2D eigenvalue weighted by atomic mass is 15.0. The summed E-state index contributed by atoms with van der Waals surface area (Å²) < 4.78 is 2.25. The predicted octanol–water partition coefficient (Wildman–Crippen LogP) is 5.59. The molecule has 1 nitrogen and oxygen atoms in total. The van der Waals surface area contributed by atoms with Crippen molar-refractivity contribution in [3.8, 4) is 0 Å². The second-order valence-corrected chi connectivity index (χ2v) is 4.96. The number of para-hydroxylation sites is 1. The first-order valence-corrected chi connectivity index (χ1v) is 6.83. The van der Waals surface area contributed by atoms with Gasteiger partial charge in [0, 0.05) is 16.8 Å². The maximum absolute atomic E-state index is 3.97. The number of benzene rings is 1. The summed E-state index contributed by atoms with van der Waals surface area (Å²) in [5.41, 5.74) is 5.79. The number of nitrogens with zero attached hydrogens (tertiary/aromatic N) is 1. The number of rotatable bonds is 4. The van der Waals surface area contributed by atoms with Gasteiger partial charge in [-0.15, -0.1) is 0 Å². The summed E-state index contributed by atoms with van der Waals surface area (Å²) >= 11 is 0. The normalized spacial score (nSPS) is 12.2. The Morgan fingerprint density at radius 1 is 1.20 bits per heavy atom. The summed E-state index contributed by atoms with van der Waals surface area (Å²) in [6, 6.07) is 8.45. The van der Waals surface area contributed by atoms with E-state index in [1.165, 1.54) is 16.5 Å². The Balaban J connectivity index is 2.75. The van der Waals surface area contributed by atoms with Crippen molar-refractivity contribution in [1.82, 2.24) is 4.57 Å². The van der Waals surface area contributed by atoms with E-state index in [0.717, 1.165) is 17.0 Å². The fraction of sp³-hybridized carbons (Fsp3) is 0.158. The largest absolute Gasteiger partial charge is 0.310 e. The third kappa shape index (κ3) is 2.39. The number of allylic oxidation sites excluding steroid dienone is 5. The molecule has 1 heterocycles. The number of fused-ring (bicyclic) bond motifs is 1. The topological polar surface area (TPSA) is 4.93 Å². The Morgan fingerprint density at radius 3 is 2.50 bits per heavy atom. The van der Waals surface area contributed by atoms with Crippen molar-refractivity contribution in [2.45, 2.75) is 20.8 Å². The van der Waals surface area contributed by atoms with Crippen LogP contribution in [0, 0.1) is 6.92 Å². The first kappa shape index (κ1) is 14.1. The molecule has 0 aliphatic carbocycles. The van der Waals surface area contributed by atoms with Gasteiger partial charge in [-0.2, -0.15) is 0 Å². The summed E-state index contributed by atoms with van der Waals surface area (Å²) in [6.07, 6.45) is 8.17. The molecule has 0 bridgehead atoms. The second-order valence-electron chi connectivity index (χ2n) is 4.96. The van der Waals surface area contributed by atoms with Gasteiger partial charge in [0.15, 0.2) is 0 Å².